The molecule has 2 aromatic rings. The highest BCUT2D eigenvalue weighted by molar-refractivity contribution is 7.10. The zero-order chi connectivity index (χ0) is 15.4. The number of hydrogen-bond acceptors (Lipinski definition) is 4. The molecule has 1 amide bonds. The van der Waals surface area contributed by atoms with Gasteiger partial charge in [-0.1, -0.05) is 13.0 Å². The lowest BCUT2D eigenvalue weighted by Crippen LogP contribution is -2.27. The molecule has 5 nitrogen and oxygen atoms in total. The molecule has 1 aromatic heterocycles. The summed E-state index contributed by atoms with van der Waals surface area (Å²) in [5, 5.41) is 15.3. The first kappa shape index (κ1) is 15.1. The van der Waals surface area contributed by atoms with Gasteiger partial charge in [0.05, 0.1) is 11.0 Å². The predicted molar refractivity (Wildman–Crippen MR) is 77.9 cm³/mol. The molecule has 1 unspecified atom stereocenters. The number of benzene rings is 1. The van der Waals surface area contributed by atoms with E-state index in [2.05, 4.69) is 5.32 Å². The van der Waals surface area contributed by atoms with Crippen LogP contribution in [0.25, 0.3) is 0 Å². The van der Waals surface area contributed by atoms with Crippen LogP contribution in [0.2, 0.25) is 0 Å². The molecule has 0 radical (unpaired) electrons. The van der Waals surface area contributed by atoms with Gasteiger partial charge < -0.3 is 5.32 Å². The summed E-state index contributed by atoms with van der Waals surface area (Å²) in [5.41, 5.74) is -0.579. The van der Waals surface area contributed by atoms with Crippen LogP contribution in [0.15, 0.2) is 35.7 Å². The van der Waals surface area contributed by atoms with Crippen LogP contribution in [0.5, 0.6) is 0 Å². The Hall–Kier alpha value is -2.28. The van der Waals surface area contributed by atoms with Crippen molar-refractivity contribution in [3.05, 3.63) is 62.1 Å². The molecule has 0 aliphatic heterocycles. The summed E-state index contributed by atoms with van der Waals surface area (Å²) in [7, 11) is 0. The van der Waals surface area contributed by atoms with Crippen LogP contribution in [0.3, 0.4) is 0 Å². The van der Waals surface area contributed by atoms with Gasteiger partial charge in [-0.05, 0) is 30.0 Å². The van der Waals surface area contributed by atoms with Crippen LogP contribution >= 0.6 is 11.3 Å². The van der Waals surface area contributed by atoms with Gasteiger partial charge in [0.25, 0.3) is 5.91 Å². The molecule has 1 atom stereocenters. The summed E-state index contributed by atoms with van der Waals surface area (Å²) in [6, 6.07) is 6.77. The Morgan fingerprint density at radius 1 is 1.48 bits per heavy atom. The third-order valence-electron chi connectivity index (χ3n) is 3.01. The van der Waals surface area contributed by atoms with Crippen LogP contribution in [0, 0.1) is 15.9 Å². The fourth-order valence-corrected chi connectivity index (χ4v) is 2.76. The Morgan fingerprint density at radius 2 is 2.24 bits per heavy atom. The maximum absolute atomic E-state index is 13.5. The first-order valence-corrected chi connectivity index (χ1v) is 7.19. The van der Waals surface area contributed by atoms with Gasteiger partial charge in [-0.25, -0.2) is 0 Å². The summed E-state index contributed by atoms with van der Waals surface area (Å²) in [5.74, 6) is -1.47. The van der Waals surface area contributed by atoms with Gasteiger partial charge in [0.1, 0.15) is 0 Å². The van der Waals surface area contributed by atoms with E-state index in [1.807, 2.05) is 24.4 Å². The first-order chi connectivity index (χ1) is 10.0. The molecule has 0 fully saturated rings. The number of thiophene rings is 1. The van der Waals surface area contributed by atoms with Crippen molar-refractivity contribution in [2.24, 2.45) is 0 Å². The Morgan fingerprint density at radius 3 is 2.76 bits per heavy atom. The molecule has 0 spiro atoms. The van der Waals surface area contributed by atoms with E-state index < -0.39 is 22.3 Å². The van der Waals surface area contributed by atoms with E-state index in [-0.39, 0.29) is 11.6 Å². The van der Waals surface area contributed by atoms with Crippen LogP contribution in [-0.4, -0.2) is 10.8 Å². The smallest absolute Gasteiger partial charge is 0.304 e. The summed E-state index contributed by atoms with van der Waals surface area (Å²) in [4.78, 5) is 22.8. The fourth-order valence-electron chi connectivity index (χ4n) is 1.90. The van der Waals surface area contributed by atoms with E-state index >= 15 is 0 Å². The van der Waals surface area contributed by atoms with E-state index in [1.54, 1.807) is 0 Å². The second-order valence-corrected chi connectivity index (χ2v) is 5.35. The van der Waals surface area contributed by atoms with Gasteiger partial charge in [-0.3, -0.25) is 14.9 Å². The number of carbonyl (C=O) groups excluding carboxylic acids is 1. The Kier molecular flexibility index (Phi) is 4.64. The summed E-state index contributed by atoms with van der Waals surface area (Å²) >= 11 is 1.52. The first-order valence-electron chi connectivity index (χ1n) is 6.31. The zero-order valence-electron chi connectivity index (χ0n) is 11.2. The lowest BCUT2D eigenvalue weighted by molar-refractivity contribution is -0.387. The maximum Gasteiger partial charge on any atom is 0.304 e. The van der Waals surface area contributed by atoms with Gasteiger partial charge >= 0.3 is 5.69 Å². The highest BCUT2D eigenvalue weighted by Crippen LogP contribution is 2.23. The van der Waals surface area contributed by atoms with E-state index in [1.165, 1.54) is 17.4 Å². The number of nitrogens with one attached hydrogen (secondary N) is 1. The molecule has 0 saturated carbocycles. The highest BCUT2D eigenvalue weighted by Gasteiger charge is 2.19. The quantitative estimate of drug-likeness (QED) is 0.676. The fraction of sp³-hybridized carbons (Fsp3) is 0.214. The van der Waals surface area contributed by atoms with Gasteiger partial charge in [-0.2, -0.15) is 4.39 Å². The van der Waals surface area contributed by atoms with Gasteiger partial charge in [0.15, 0.2) is 0 Å². The SMILES string of the molecule is CCC(NC(=O)c1ccc([N+](=O)[O-])c(F)c1)c1cccs1. The summed E-state index contributed by atoms with van der Waals surface area (Å²) in [6.07, 6.45) is 0.696. The molecule has 0 aliphatic rings. The minimum absolute atomic E-state index is 0.0631. The Labute approximate surface area is 124 Å². The lowest BCUT2D eigenvalue weighted by Gasteiger charge is -2.15. The molecule has 2 rings (SSSR count). The van der Waals surface area contributed by atoms with Gasteiger partial charge in [0, 0.05) is 16.5 Å². The van der Waals surface area contributed by atoms with Crippen LogP contribution in [0.4, 0.5) is 10.1 Å². The number of carbonyl (C=O) groups is 1. The molecule has 7 heteroatoms. The molecule has 1 heterocycles. The minimum Gasteiger partial charge on any atom is -0.344 e. The molecule has 21 heavy (non-hydrogen) atoms. The standard InChI is InChI=1S/C14H13FN2O3S/c1-2-11(13-4-3-7-21-13)16-14(18)9-5-6-12(17(19)20)10(15)8-9/h3-8,11H,2H2,1H3,(H,16,18). The predicted octanol–water partition coefficient (Wildman–Crippen LogP) is 3.68. The van der Waals surface area contributed by atoms with Crippen LogP contribution in [0.1, 0.15) is 34.6 Å². The van der Waals surface area contributed by atoms with Crippen molar-refractivity contribution in [1.29, 1.82) is 0 Å². The normalized spacial score (nSPS) is 11.9. The second kappa shape index (κ2) is 6.45. The molecular formula is C14H13FN2O3S. The topological polar surface area (TPSA) is 72.2 Å². The third kappa shape index (κ3) is 3.43. The molecule has 0 aliphatic carbocycles. The molecule has 110 valence electrons. The van der Waals surface area contributed by atoms with Crippen LogP contribution in [-0.2, 0) is 0 Å². The van der Waals surface area contributed by atoms with E-state index in [0.29, 0.717) is 6.42 Å². The summed E-state index contributed by atoms with van der Waals surface area (Å²) in [6.45, 7) is 1.93. The van der Waals surface area contributed by atoms with Crippen molar-refractivity contribution in [3.63, 3.8) is 0 Å². The number of nitro groups is 1. The second-order valence-electron chi connectivity index (χ2n) is 4.37. The number of hydrogen-bond donors (Lipinski definition) is 1. The number of halogens is 1. The number of nitrogens with zero attached hydrogens (tertiary/aromatic N) is 1. The minimum atomic E-state index is -1.02. The van der Waals surface area contributed by atoms with Gasteiger partial charge in [0.2, 0.25) is 5.82 Å². The van der Waals surface area contributed by atoms with Crippen molar-refractivity contribution in [3.8, 4) is 0 Å². The monoisotopic (exact) mass is 308 g/mol. The van der Waals surface area contributed by atoms with Crippen molar-refractivity contribution >= 4 is 22.9 Å². The molecular weight excluding hydrogens is 295 g/mol. The van der Waals surface area contributed by atoms with E-state index in [0.717, 1.165) is 17.0 Å². The van der Waals surface area contributed by atoms with E-state index in [4.69, 9.17) is 0 Å². The van der Waals surface area contributed by atoms with Crippen molar-refractivity contribution in [2.75, 3.05) is 0 Å². The molecule has 0 saturated heterocycles. The maximum atomic E-state index is 13.5. The average Bonchev–Trinajstić information content (AvgIpc) is 2.97. The molecule has 1 N–H and O–H groups in total. The van der Waals surface area contributed by atoms with Crippen molar-refractivity contribution in [1.82, 2.24) is 5.32 Å². The Bertz CT molecular complexity index is 658. The Balaban J connectivity index is 2.16. The number of amides is 1. The van der Waals surface area contributed by atoms with Crippen molar-refractivity contribution < 1.29 is 14.1 Å². The molecule has 1 aromatic carbocycles. The lowest BCUT2D eigenvalue weighted by atomic mass is 10.1. The van der Waals surface area contributed by atoms with E-state index in [9.17, 15) is 19.3 Å². The summed E-state index contributed by atoms with van der Waals surface area (Å²) < 4.78 is 13.5. The average molecular weight is 308 g/mol. The van der Waals surface area contributed by atoms with Gasteiger partial charge in [-0.15, -0.1) is 11.3 Å². The van der Waals surface area contributed by atoms with Crippen molar-refractivity contribution in [2.45, 2.75) is 19.4 Å². The third-order valence-corrected chi connectivity index (χ3v) is 3.99. The number of nitro benzene ring substituents is 1. The zero-order valence-corrected chi connectivity index (χ0v) is 12.0. The number of rotatable bonds is 5. The highest BCUT2D eigenvalue weighted by atomic mass is 32.1. The molecule has 0 bridgehead atoms. The largest absolute Gasteiger partial charge is 0.344 e. The van der Waals surface area contributed by atoms with Crippen LogP contribution < -0.4 is 5.32 Å².